The molecule has 1 aliphatic rings. The first-order chi connectivity index (χ1) is 21.4. The number of hydrogen-bond donors (Lipinski definition) is 3. The lowest BCUT2D eigenvalue weighted by Crippen LogP contribution is -2.63. The van der Waals surface area contributed by atoms with Crippen molar-refractivity contribution in [3.8, 4) is 22.3 Å². The number of piperidine rings is 1. The van der Waals surface area contributed by atoms with Crippen LogP contribution in [0.4, 0.5) is 4.39 Å². The van der Waals surface area contributed by atoms with Gasteiger partial charge in [-0.1, -0.05) is 97.1 Å². The summed E-state index contributed by atoms with van der Waals surface area (Å²) in [7, 11) is 0. The zero-order chi connectivity index (χ0) is 32.2. The molecule has 2 atom stereocenters. The van der Waals surface area contributed by atoms with Crippen molar-refractivity contribution in [1.29, 1.82) is 0 Å². The summed E-state index contributed by atoms with van der Waals surface area (Å²) in [5.41, 5.74) is 4.66. The third-order valence-corrected chi connectivity index (χ3v) is 8.64. The first kappa shape index (κ1) is 32.1. The van der Waals surface area contributed by atoms with Crippen molar-refractivity contribution in [2.24, 2.45) is 0 Å². The molecule has 0 aliphatic carbocycles. The maximum atomic E-state index is 15.2. The van der Waals surface area contributed by atoms with Gasteiger partial charge in [0.05, 0.1) is 5.92 Å². The monoisotopic (exact) mass is 605 g/mol. The van der Waals surface area contributed by atoms with Crippen LogP contribution in [0.1, 0.15) is 64.5 Å². The van der Waals surface area contributed by atoms with Crippen LogP contribution < -0.4 is 16.0 Å². The minimum absolute atomic E-state index is 0.0411. The van der Waals surface area contributed by atoms with Gasteiger partial charge in [0.15, 0.2) is 0 Å². The Bertz CT molecular complexity index is 1600. The second-order valence-corrected chi connectivity index (χ2v) is 13.7. The molecule has 1 heterocycles. The van der Waals surface area contributed by atoms with Crippen LogP contribution in [0.5, 0.6) is 0 Å². The Balaban J connectivity index is 1.35. The van der Waals surface area contributed by atoms with Crippen LogP contribution in [0.25, 0.3) is 22.3 Å². The van der Waals surface area contributed by atoms with E-state index in [9.17, 15) is 9.59 Å². The van der Waals surface area contributed by atoms with Crippen molar-refractivity contribution >= 4 is 11.8 Å². The van der Waals surface area contributed by atoms with Gasteiger partial charge < -0.3 is 16.0 Å². The molecule has 45 heavy (non-hydrogen) atoms. The van der Waals surface area contributed by atoms with E-state index in [1.165, 1.54) is 6.07 Å². The average molecular weight is 606 g/mol. The molecule has 1 saturated heterocycles. The van der Waals surface area contributed by atoms with E-state index in [0.717, 1.165) is 35.1 Å². The molecule has 1 aliphatic heterocycles. The normalized spacial score (nSPS) is 17.2. The van der Waals surface area contributed by atoms with Crippen molar-refractivity contribution < 1.29 is 14.0 Å². The number of carbonyl (C=O) groups is 2. The van der Waals surface area contributed by atoms with E-state index in [1.807, 2.05) is 72.8 Å². The van der Waals surface area contributed by atoms with Gasteiger partial charge in [0.2, 0.25) is 11.8 Å². The predicted octanol–water partition coefficient (Wildman–Crippen LogP) is 7.42. The highest BCUT2D eigenvalue weighted by Gasteiger charge is 2.39. The fourth-order valence-corrected chi connectivity index (χ4v) is 6.74. The van der Waals surface area contributed by atoms with Crippen LogP contribution in [-0.4, -0.2) is 35.0 Å². The second-order valence-electron chi connectivity index (χ2n) is 13.7. The first-order valence-electron chi connectivity index (χ1n) is 15.8. The number of benzene rings is 4. The standard InChI is InChI=1S/C39H44FN3O2/c1-26(31-20-21-33(34(40)23-31)30-14-10-7-11-15-30)36(44)42-35(37(45)41-32-24-38(2,3)43-39(4,5)25-32)22-27-16-18-29(19-17-27)28-12-8-6-9-13-28/h6-21,23,26,32,35,43H,22,24-25H2,1-5H3,(H,41,45)(H,42,44)/t26-,35-/m0/s1. The highest BCUT2D eigenvalue weighted by atomic mass is 19.1. The molecule has 0 radical (unpaired) electrons. The Morgan fingerprint density at radius 1 is 0.778 bits per heavy atom. The summed E-state index contributed by atoms with van der Waals surface area (Å²) in [5, 5.41) is 9.93. The van der Waals surface area contributed by atoms with E-state index in [-0.39, 0.29) is 34.8 Å². The number of carbonyl (C=O) groups excluding carboxylic acids is 2. The van der Waals surface area contributed by atoms with Crippen LogP contribution in [0.15, 0.2) is 103 Å². The number of rotatable bonds is 9. The molecule has 6 heteroatoms. The van der Waals surface area contributed by atoms with Crippen LogP contribution in [0, 0.1) is 5.82 Å². The van der Waals surface area contributed by atoms with Crippen molar-refractivity contribution in [2.75, 3.05) is 0 Å². The Morgan fingerprint density at radius 2 is 1.33 bits per heavy atom. The van der Waals surface area contributed by atoms with Crippen LogP contribution in [0.3, 0.4) is 0 Å². The molecule has 0 spiro atoms. The molecule has 1 fully saturated rings. The van der Waals surface area contributed by atoms with E-state index in [0.29, 0.717) is 17.5 Å². The molecule has 5 nitrogen and oxygen atoms in total. The molecule has 0 aromatic heterocycles. The van der Waals surface area contributed by atoms with Crippen molar-refractivity contribution in [2.45, 2.75) is 83.0 Å². The lowest BCUT2D eigenvalue weighted by Gasteiger charge is -2.46. The molecule has 3 N–H and O–H groups in total. The zero-order valence-electron chi connectivity index (χ0n) is 26.9. The molecule has 5 rings (SSSR count). The maximum Gasteiger partial charge on any atom is 0.243 e. The van der Waals surface area contributed by atoms with Gasteiger partial charge in [0, 0.05) is 29.1 Å². The van der Waals surface area contributed by atoms with Gasteiger partial charge in [-0.2, -0.15) is 0 Å². The second kappa shape index (κ2) is 13.4. The fraction of sp³-hybridized carbons (Fsp3) is 0.333. The van der Waals surface area contributed by atoms with Gasteiger partial charge in [-0.05, 0) is 81.3 Å². The van der Waals surface area contributed by atoms with Crippen LogP contribution >= 0.6 is 0 Å². The SMILES string of the molecule is C[C@H](C(=O)N[C@@H](Cc1ccc(-c2ccccc2)cc1)C(=O)NC1CC(C)(C)NC(C)(C)C1)c1ccc(-c2ccccc2)c(F)c1. The zero-order valence-corrected chi connectivity index (χ0v) is 26.9. The molecule has 2 amide bonds. The van der Waals surface area contributed by atoms with Crippen LogP contribution in [0.2, 0.25) is 0 Å². The summed E-state index contributed by atoms with van der Waals surface area (Å²) in [6, 6.07) is 31.6. The topological polar surface area (TPSA) is 70.2 Å². The summed E-state index contributed by atoms with van der Waals surface area (Å²) < 4.78 is 15.2. The smallest absolute Gasteiger partial charge is 0.243 e. The third kappa shape index (κ3) is 8.25. The van der Waals surface area contributed by atoms with E-state index in [2.05, 4.69) is 55.8 Å². The van der Waals surface area contributed by atoms with Gasteiger partial charge in [-0.25, -0.2) is 4.39 Å². The summed E-state index contributed by atoms with van der Waals surface area (Å²) in [6.07, 6.45) is 1.88. The van der Waals surface area contributed by atoms with Crippen molar-refractivity contribution in [3.05, 3.63) is 120 Å². The summed E-state index contributed by atoms with van der Waals surface area (Å²) in [4.78, 5) is 27.5. The number of halogens is 1. The molecule has 4 aromatic carbocycles. The minimum Gasteiger partial charge on any atom is -0.351 e. The van der Waals surface area contributed by atoms with Gasteiger partial charge >= 0.3 is 0 Å². The number of amides is 2. The number of nitrogens with one attached hydrogen (secondary N) is 3. The Labute approximate surface area is 266 Å². The summed E-state index contributed by atoms with van der Waals surface area (Å²) in [5.74, 6) is -1.58. The highest BCUT2D eigenvalue weighted by molar-refractivity contribution is 5.91. The molecule has 4 aromatic rings. The Kier molecular flexibility index (Phi) is 9.54. The average Bonchev–Trinajstić information content (AvgIpc) is 3.00. The predicted molar refractivity (Wildman–Crippen MR) is 180 cm³/mol. The van der Waals surface area contributed by atoms with Crippen molar-refractivity contribution in [3.63, 3.8) is 0 Å². The summed E-state index contributed by atoms with van der Waals surface area (Å²) >= 11 is 0. The van der Waals surface area contributed by atoms with Gasteiger partial charge in [0.25, 0.3) is 0 Å². The van der Waals surface area contributed by atoms with E-state index in [4.69, 9.17) is 0 Å². The molecule has 0 unspecified atom stereocenters. The van der Waals surface area contributed by atoms with Gasteiger partial charge in [-0.3, -0.25) is 9.59 Å². The summed E-state index contributed by atoms with van der Waals surface area (Å²) in [6.45, 7) is 10.3. The Hall–Kier alpha value is -4.29. The largest absolute Gasteiger partial charge is 0.351 e. The molecule has 234 valence electrons. The minimum atomic E-state index is -0.794. The molecule has 0 saturated carbocycles. The maximum absolute atomic E-state index is 15.2. The van der Waals surface area contributed by atoms with E-state index < -0.39 is 12.0 Å². The first-order valence-corrected chi connectivity index (χ1v) is 15.8. The van der Waals surface area contributed by atoms with Crippen molar-refractivity contribution in [1.82, 2.24) is 16.0 Å². The van der Waals surface area contributed by atoms with Gasteiger partial charge in [-0.15, -0.1) is 0 Å². The van der Waals surface area contributed by atoms with Crippen LogP contribution in [-0.2, 0) is 16.0 Å². The van der Waals surface area contributed by atoms with E-state index in [1.54, 1.807) is 19.1 Å². The van der Waals surface area contributed by atoms with Gasteiger partial charge in [0.1, 0.15) is 11.9 Å². The lowest BCUT2D eigenvalue weighted by atomic mass is 9.79. The highest BCUT2D eigenvalue weighted by Crippen LogP contribution is 2.29. The molecular weight excluding hydrogens is 561 g/mol. The molecule has 0 bridgehead atoms. The molecular formula is C39H44FN3O2. The van der Waals surface area contributed by atoms with E-state index >= 15 is 4.39 Å². The lowest BCUT2D eigenvalue weighted by molar-refractivity contribution is -0.130. The third-order valence-electron chi connectivity index (χ3n) is 8.64. The number of hydrogen-bond acceptors (Lipinski definition) is 3. The Morgan fingerprint density at radius 3 is 1.91 bits per heavy atom. The fourth-order valence-electron chi connectivity index (χ4n) is 6.74. The quantitative estimate of drug-likeness (QED) is 0.186.